The number of anilines is 1. The summed E-state index contributed by atoms with van der Waals surface area (Å²) in [5.41, 5.74) is 2.93. The highest BCUT2D eigenvalue weighted by molar-refractivity contribution is 5.92. The van der Waals surface area contributed by atoms with Gasteiger partial charge in [-0.1, -0.05) is 0 Å². The van der Waals surface area contributed by atoms with E-state index < -0.39 is 0 Å². The number of rotatable bonds is 2. The maximum atomic E-state index is 4.46. The van der Waals surface area contributed by atoms with Crippen molar-refractivity contribution in [1.82, 2.24) is 24.6 Å². The van der Waals surface area contributed by atoms with Gasteiger partial charge in [0.2, 0.25) is 0 Å². The van der Waals surface area contributed by atoms with Crippen LogP contribution in [0.4, 0.5) is 5.82 Å². The summed E-state index contributed by atoms with van der Waals surface area (Å²) in [6, 6.07) is 8.21. The van der Waals surface area contributed by atoms with Gasteiger partial charge in [-0.3, -0.25) is 0 Å². The fraction of sp³-hybridized carbons (Fsp3) is 0.353. The lowest BCUT2D eigenvalue weighted by atomic mass is 10.1. The van der Waals surface area contributed by atoms with Crippen LogP contribution in [0.25, 0.3) is 22.3 Å². The second-order valence-electron chi connectivity index (χ2n) is 6.09. The summed E-state index contributed by atoms with van der Waals surface area (Å²) in [6.07, 6.45) is 3.85. The molecule has 0 aromatic carbocycles. The smallest absolute Gasteiger partial charge is 0.151 e. The Morgan fingerprint density at radius 3 is 2.48 bits per heavy atom. The van der Waals surface area contributed by atoms with E-state index >= 15 is 0 Å². The monoisotopic (exact) mass is 308 g/mol. The lowest BCUT2D eigenvalue weighted by Crippen LogP contribution is -2.44. The predicted octanol–water partition coefficient (Wildman–Crippen LogP) is 1.78. The van der Waals surface area contributed by atoms with Gasteiger partial charge in [-0.25, -0.2) is 4.98 Å². The zero-order chi connectivity index (χ0) is 15.8. The van der Waals surface area contributed by atoms with Crippen molar-refractivity contribution in [1.29, 1.82) is 0 Å². The second-order valence-corrected chi connectivity index (χ2v) is 6.09. The first-order chi connectivity index (χ1) is 11.2. The van der Waals surface area contributed by atoms with Gasteiger partial charge in [-0.2, -0.15) is 0 Å². The summed E-state index contributed by atoms with van der Waals surface area (Å²) in [5, 5.41) is 10.0. The maximum Gasteiger partial charge on any atom is 0.151 e. The number of aryl methyl sites for hydroxylation is 1. The molecule has 1 fully saturated rings. The molecule has 4 heterocycles. The molecule has 1 aliphatic heterocycles. The molecule has 23 heavy (non-hydrogen) atoms. The largest absolute Gasteiger partial charge is 0.353 e. The van der Waals surface area contributed by atoms with Crippen molar-refractivity contribution in [2.75, 3.05) is 38.1 Å². The molecule has 0 spiro atoms. The Balaban J connectivity index is 1.65. The molecule has 0 aliphatic carbocycles. The van der Waals surface area contributed by atoms with E-state index in [1.54, 1.807) is 0 Å². The number of hydrogen-bond donors (Lipinski definition) is 0. The number of fused-ring (bicyclic) bond motifs is 1. The van der Waals surface area contributed by atoms with Gasteiger partial charge >= 0.3 is 0 Å². The van der Waals surface area contributed by atoms with Crippen molar-refractivity contribution in [3.63, 3.8) is 0 Å². The molecule has 0 unspecified atom stereocenters. The van der Waals surface area contributed by atoms with E-state index in [1.165, 1.54) is 0 Å². The predicted molar refractivity (Wildman–Crippen MR) is 91.5 cm³/mol. The number of pyridine rings is 1. The molecule has 1 saturated heterocycles. The number of nitrogens with zero attached hydrogens (tertiary/aromatic N) is 6. The number of piperazine rings is 1. The van der Waals surface area contributed by atoms with E-state index in [1.807, 2.05) is 30.1 Å². The Hall–Kier alpha value is -2.47. The van der Waals surface area contributed by atoms with Crippen LogP contribution in [-0.2, 0) is 7.05 Å². The van der Waals surface area contributed by atoms with Crippen LogP contribution in [-0.4, -0.2) is 57.9 Å². The van der Waals surface area contributed by atoms with Crippen LogP contribution in [0.1, 0.15) is 0 Å². The van der Waals surface area contributed by atoms with Crippen LogP contribution >= 0.6 is 0 Å². The van der Waals surface area contributed by atoms with E-state index in [4.69, 9.17) is 0 Å². The van der Waals surface area contributed by atoms with Crippen molar-refractivity contribution < 1.29 is 0 Å². The average molecular weight is 308 g/mol. The minimum atomic E-state index is 0.890. The van der Waals surface area contributed by atoms with Crippen LogP contribution in [0.3, 0.4) is 0 Å². The SMILES string of the molecule is CN1CCN(c2ccc(-c3ccnc4c3ccn4C)nn2)CC1. The van der Waals surface area contributed by atoms with Crippen LogP contribution in [0.5, 0.6) is 0 Å². The van der Waals surface area contributed by atoms with Crippen LogP contribution in [0.2, 0.25) is 0 Å². The third-order valence-corrected chi connectivity index (χ3v) is 4.52. The Bertz CT molecular complexity index is 815. The fourth-order valence-corrected chi connectivity index (χ4v) is 3.06. The molecule has 0 atom stereocenters. The zero-order valence-corrected chi connectivity index (χ0v) is 13.5. The number of likely N-dealkylation sites (N-methyl/N-ethyl adjacent to an activating group) is 1. The summed E-state index contributed by atoms with van der Waals surface area (Å²) in [6.45, 7) is 4.14. The highest BCUT2D eigenvalue weighted by Gasteiger charge is 2.16. The van der Waals surface area contributed by atoms with Crippen molar-refractivity contribution in [2.45, 2.75) is 0 Å². The van der Waals surface area contributed by atoms with Crippen LogP contribution in [0.15, 0.2) is 36.7 Å². The maximum absolute atomic E-state index is 4.46. The molecule has 3 aromatic heterocycles. The summed E-state index contributed by atoms with van der Waals surface area (Å²) in [7, 11) is 4.15. The molecule has 4 rings (SSSR count). The molecule has 0 saturated carbocycles. The van der Waals surface area contributed by atoms with Gasteiger partial charge in [-0.05, 0) is 31.3 Å². The van der Waals surface area contributed by atoms with E-state index in [2.05, 4.69) is 50.2 Å². The first-order valence-electron chi connectivity index (χ1n) is 7.90. The number of aromatic nitrogens is 4. The molecule has 0 radical (unpaired) electrons. The Labute approximate surface area is 135 Å². The summed E-state index contributed by atoms with van der Waals surface area (Å²) in [5.74, 6) is 0.959. The van der Waals surface area contributed by atoms with Crippen molar-refractivity contribution >= 4 is 16.9 Å². The highest BCUT2D eigenvalue weighted by Crippen LogP contribution is 2.26. The van der Waals surface area contributed by atoms with E-state index in [-0.39, 0.29) is 0 Å². The van der Waals surface area contributed by atoms with Gasteiger partial charge < -0.3 is 14.4 Å². The molecule has 0 amide bonds. The summed E-state index contributed by atoms with van der Waals surface area (Å²) >= 11 is 0. The lowest BCUT2D eigenvalue weighted by molar-refractivity contribution is 0.312. The molecule has 118 valence electrons. The van der Waals surface area contributed by atoms with Gasteiger partial charge in [0.15, 0.2) is 5.82 Å². The fourth-order valence-electron chi connectivity index (χ4n) is 3.06. The van der Waals surface area contributed by atoms with Crippen LogP contribution < -0.4 is 4.90 Å². The molecule has 6 nitrogen and oxygen atoms in total. The van der Waals surface area contributed by atoms with Crippen molar-refractivity contribution in [3.05, 3.63) is 36.7 Å². The summed E-state index contributed by atoms with van der Waals surface area (Å²) < 4.78 is 2.02. The Morgan fingerprint density at radius 2 is 1.74 bits per heavy atom. The lowest BCUT2D eigenvalue weighted by Gasteiger charge is -2.32. The average Bonchev–Trinajstić information content (AvgIpc) is 2.97. The van der Waals surface area contributed by atoms with Gasteiger partial charge in [-0.15, -0.1) is 10.2 Å². The molecule has 1 aliphatic rings. The van der Waals surface area contributed by atoms with Crippen molar-refractivity contribution in [2.24, 2.45) is 7.05 Å². The topological polar surface area (TPSA) is 50.1 Å². The van der Waals surface area contributed by atoms with E-state index in [0.29, 0.717) is 0 Å². The Morgan fingerprint density at radius 1 is 0.913 bits per heavy atom. The number of hydrogen-bond acceptors (Lipinski definition) is 5. The normalized spacial score (nSPS) is 16.2. The summed E-state index contributed by atoms with van der Waals surface area (Å²) in [4.78, 5) is 9.05. The van der Waals surface area contributed by atoms with Gasteiger partial charge in [0, 0.05) is 56.6 Å². The molecule has 6 heteroatoms. The molecule has 3 aromatic rings. The molecular formula is C17H20N6. The van der Waals surface area contributed by atoms with Gasteiger partial charge in [0.1, 0.15) is 5.65 Å². The first-order valence-corrected chi connectivity index (χ1v) is 7.90. The van der Waals surface area contributed by atoms with E-state index in [0.717, 1.165) is 54.3 Å². The third-order valence-electron chi connectivity index (χ3n) is 4.52. The minimum Gasteiger partial charge on any atom is -0.353 e. The standard InChI is InChI=1S/C17H20N6/c1-21-9-11-23(12-10-21)16-4-3-15(19-20-16)13-5-7-18-17-14(13)6-8-22(17)2/h3-8H,9-12H2,1-2H3. The molecule has 0 N–H and O–H groups in total. The minimum absolute atomic E-state index is 0.890. The van der Waals surface area contributed by atoms with Crippen molar-refractivity contribution in [3.8, 4) is 11.3 Å². The first kappa shape index (κ1) is 14.1. The second kappa shape index (κ2) is 5.62. The van der Waals surface area contributed by atoms with E-state index in [9.17, 15) is 0 Å². The molecular weight excluding hydrogens is 288 g/mol. The Kier molecular flexibility index (Phi) is 3.46. The molecule has 0 bridgehead atoms. The zero-order valence-electron chi connectivity index (χ0n) is 13.5. The van der Waals surface area contributed by atoms with Gasteiger partial charge in [0.25, 0.3) is 0 Å². The highest BCUT2D eigenvalue weighted by atomic mass is 15.3. The van der Waals surface area contributed by atoms with Gasteiger partial charge in [0.05, 0.1) is 5.69 Å². The van der Waals surface area contributed by atoms with Crippen LogP contribution in [0, 0.1) is 0 Å². The third kappa shape index (κ3) is 2.55. The quantitative estimate of drug-likeness (QED) is 0.722.